The van der Waals surface area contributed by atoms with E-state index in [2.05, 4.69) is 41.8 Å². The average Bonchev–Trinajstić information content (AvgIpc) is 3.25. The minimum absolute atomic E-state index is 0.335. The molecule has 3 aromatic rings. The number of nitriles is 1. The molecule has 3 atom stereocenters. The van der Waals surface area contributed by atoms with Crippen molar-refractivity contribution in [1.29, 1.82) is 5.26 Å². The van der Waals surface area contributed by atoms with Crippen LogP contribution < -0.4 is 10.6 Å². The summed E-state index contributed by atoms with van der Waals surface area (Å²) in [6.45, 7) is 2.84. The van der Waals surface area contributed by atoms with Crippen LogP contribution in [0.2, 0.25) is 0 Å². The molecule has 0 spiro atoms. The largest absolute Gasteiger partial charge is 0.365 e. The number of hydrogen-bond donors (Lipinski definition) is 3. The summed E-state index contributed by atoms with van der Waals surface area (Å²) in [6, 6.07) is 7.53. The van der Waals surface area contributed by atoms with Crippen molar-refractivity contribution in [2.75, 3.05) is 17.2 Å². The number of hydrogen-bond acceptors (Lipinski definition) is 8. The van der Waals surface area contributed by atoms with Gasteiger partial charge >= 0.3 is 0 Å². The molecular weight excluding hydrogens is 378 g/mol. The Kier molecular flexibility index (Phi) is 4.93. The number of H-pyrrole nitrogens is 1. The lowest BCUT2D eigenvalue weighted by molar-refractivity contribution is 0.136. The Bertz CT molecular complexity index is 1070. The normalized spacial score (nSPS) is 23.4. The number of fused-ring (bicyclic) bond motifs is 3. The van der Waals surface area contributed by atoms with E-state index in [0.29, 0.717) is 30.4 Å². The van der Waals surface area contributed by atoms with Gasteiger partial charge in [-0.3, -0.25) is 15.0 Å². The molecule has 5 rings (SSSR count). The van der Waals surface area contributed by atoms with E-state index in [1.54, 1.807) is 12.4 Å². The van der Waals surface area contributed by atoms with Crippen LogP contribution in [0, 0.1) is 18.3 Å². The topological polar surface area (TPSA) is 118 Å². The van der Waals surface area contributed by atoms with Crippen LogP contribution in [-0.4, -0.2) is 54.7 Å². The lowest BCUT2D eigenvalue weighted by Gasteiger charge is -2.39. The quantitative estimate of drug-likeness (QED) is 0.574. The minimum atomic E-state index is 0.335. The summed E-state index contributed by atoms with van der Waals surface area (Å²) in [5, 5.41) is 23.0. The van der Waals surface area contributed by atoms with Crippen LogP contribution in [0.25, 0.3) is 11.0 Å². The Morgan fingerprint density at radius 3 is 2.70 bits per heavy atom. The molecule has 2 aliphatic heterocycles. The third kappa shape index (κ3) is 3.66. The zero-order valence-electron chi connectivity index (χ0n) is 17.0. The van der Waals surface area contributed by atoms with Crippen molar-refractivity contribution >= 4 is 28.5 Å². The second-order valence-corrected chi connectivity index (χ2v) is 8.18. The molecule has 2 aliphatic rings. The fourth-order valence-electron chi connectivity index (χ4n) is 4.88. The van der Waals surface area contributed by atoms with Gasteiger partial charge in [0.05, 0.1) is 11.6 Å². The zero-order valence-corrected chi connectivity index (χ0v) is 17.0. The first-order valence-electron chi connectivity index (χ1n) is 10.5. The number of piperidine rings is 1. The summed E-state index contributed by atoms with van der Waals surface area (Å²) in [7, 11) is 0. The van der Waals surface area contributed by atoms with Crippen LogP contribution in [0.3, 0.4) is 0 Å². The number of anilines is 3. The number of nitrogens with zero attached hydrogens (tertiary/aromatic N) is 6. The summed E-state index contributed by atoms with van der Waals surface area (Å²) < 4.78 is 0. The molecule has 0 amide bonds. The maximum Gasteiger partial charge on any atom is 0.156 e. The Balaban J connectivity index is 1.38. The number of rotatable bonds is 6. The first-order valence-corrected chi connectivity index (χ1v) is 10.5. The first-order chi connectivity index (χ1) is 14.7. The second kappa shape index (κ2) is 7.88. The monoisotopic (exact) mass is 403 g/mol. The van der Waals surface area contributed by atoms with E-state index >= 15 is 0 Å². The van der Waals surface area contributed by atoms with Crippen LogP contribution in [0.15, 0.2) is 24.5 Å². The van der Waals surface area contributed by atoms with Crippen LogP contribution >= 0.6 is 0 Å². The van der Waals surface area contributed by atoms with Gasteiger partial charge in [0.2, 0.25) is 0 Å². The number of aromatic amines is 1. The van der Waals surface area contributed by atoms with Crippen molar-refractivity contribution in [2.24, 2.45) is 0 Å². The fourth-order valence-corrected chi connectivity index (χ4v) is 4.88. The van der Waals surface area contributed by atoms with Gasteiger partial charge in [0, 0.05) is 61.3 Å². The van der Waals surface area contributed by atoms with Gasteiger partial charge in [-0.15, -0.1) is 0 Å². The van der Waals surface area contributed by atoms with Crippen LogP contribution in [0.4, 0.5) is 17.5 Å². The van der Waals surface area contributed by atoms with Gasteiger partial charge in [0.15, 0.2) is 11.6 Å². The summed E-state index contributed by atoms with van der Waals surface area (Å²) in [4.78, 5) is 16.3. The number of aryl methyl sites for hydroxylation is 1. The van der Waals surface area contributed by atoms with Crippen molar-refractivity contribution in [3.63, 3.8) is 0 Å². The highest BCUT2D eigenvalue weighted by molar-refractivity contribution is 5.88. The molecule has 3 aromatic heterocycles. The van der Waals surface area contributed by atoms with Gasteiger partial charge in [-0.2, -0.15) is 10.4 Å². The minimum Gasteiger partial charge on any atom is -0.365 e. The zero-order chi connectivity index (χ0) is 20.5. The second-order valence-electron chi connectivity index (χ2n) is 8.18. The lowest BCUT2D eigenvalue weighted by atomic mass is 9.97. The molecule has 9 heteroatoms. The van der Waals surface area contributed by atoms with Crippen molar-refractivity contribution in [2.45, 2.75) is 57.2 Å². The summed E-state index contributed by atoms with van der Waals surface area (Å²) in [5.41, 5.74) is 2.55. The van der Waals surface area contributed by atoms with E-state index in [-0.39, 0.29) is 0 Å². The Morgan fingerprint density at radius 1 is 1.17 bits per heavy atom. The van der Waals surface area contributed by atoms with Gasteiger partial charge in [-0.1, -0.05) is 0 Å². The predicted molar refractivity (Wildman–Crippen MR) is 114 cm³/mol. The molecule has 9 nitrogen and oxygen atoms in total. The van der Waals surface area contributed by atoms with Gasteiger partial charge in [-0.25, -0.2) is 9.97 Å². The number of aromatic nitrogens is 5. The van der Waals surface area contributed by atoms with E-state index in [4.69, 9.17) is 10.2 Å². The lowest BCUT2D eigenvalue weighted by Crippen LogP contribution is -2.47. The van der Waals surface area contributed by atoms with E-state index in [1.165, 1.54) is 12.8 Å². The predicted octanol–water partition coefficient (Wildman–Crippen LogP) is 3.12. The van der Waals surface area contributed by atoms with Crippen LogP contribution in [0.5, 0.6) is 0 Å². The van der Waals surface area contributed by atoms with Crippen molar-refractivity contribution in [1.82, 2.24) is 30.0 Å². The third-order valence-electron chi connectivity index (χ3n) is 6.13. The van der Waals surface area contributed by atoms with E-state index in [0.717, 1.165) is 47.7 Å². The van der Waals surface area contributed by atoms with E-state index in [1.807, 2.05) is 19.1 Å². The van der Waals surface area contributed by atoms with Crippen molar-refractivity contribution in [3.8, 4) is 6.07 Å². The molecule has 154 valence electrons. The Morgan fingerprint density at radius 2 is 1.97 bits per heavy atom. The molecular formula is C21H25N9. The summed E-state index contributed by atoms with van der Waals surface area (Å²) in [5.74, 6) is 2.16. The average molecular weight is 403 g/mol. The van der Waals surface area contributed by atoms with Gasteiger partial charge in [-0.05, 0) is 32.6 Å². The summed E-state index contributed by atoms with van der Waals surface area (Å²) in [6.07, 6.45) is 8.54. The molecule has 0 saturated carbocycles. The highest BCUT2D eigenvalue weighted by Crippen LogP contribution is 2.37. The Labute approximate surface area is 174 Å². The van der Waals surface area contributed by atoms with Crippen molar-refractivity contribution < 1.29 is 0 Å². The van der Waals surface area contributed by atoms with E-state index < -0.39 is 0 Å². The molecule has 0 aliphatic carbocycles. The van der Waals surface area contributed by atoms with Gasteiger partial charge < -0.3 is 10.6 Å². The fraction of sp³-hybridized carbons (Fsp3) is 0.476. The smallest absolute Gasteiger partial charge is 0.156 e. The standard InChI is InChI=1S/C21H25N9/c1-13-9-19(29-28-13)26-18-12-17-20(24-7-6-23-17)21(27-18)25-14-10-15-3-4-16(11-14)30(15)8-2-5-22/h6-7,9,12,14-16H,2-4,8,10-11H2,1H3,(H3,25,26,27,28,29)/t14?,15-,16?/m0/s1. The first kappa shape index (κ1) is 18.8. The SMILES string of the molecule is Cc1cc(Nc2cc3nccnc3c(NC3CC4CC[C@@H](C3)N4CCC#N)n2)n[nH]1. The molecule has 3 N–H and O–H groups in total. The highest BCUT2D eigenvalue weighted by atomic mass is 15.2. The molecule has 2 bridgehead atoms. The van der Waals surface area contributed by atoms with Crippen LogP contribution in [0.1, 0.15) is 37.8 Å². The van der Waals surface area contributed by atoms with Crippen molar-refractivity contribution in [3.05, 3.63) is 30.2 Å². The van der Waals surface area contributed by atoms with Gasteiger partial charge in [0.1, 0.15) is 11.3 Å². The maximum atomic E-state index is 8.95. The number of pyridine rings is 1. The number of nitrogens with one attached hydrogen (secondary N) is 3. The van der Waals surface area contributed by atoms with Crippen LogP contribution in [-0.2, 0) is 0 Å². The molecule has 0 radical (unpaired) electrons. The van der Waals surface area contributed by atoms with Gasteiger partial charge in [0.25, 0.3) is 0 Å². The maximum absolute atomic E-state index is 8.95. The molecule has 2 saturated heterocycles. The molecule has 2 fully saturated rings. The molecule has 0 aromatic carbocycles. The molecule has 2 unspecified atom stereocenters. The van der Waals surface area contributed by atoms with E-state index in [9.17, 15) is 0 Å². The Hall–Kier alpha value is -3.25. The molecule has 30 heavy (non-hydrogen) atoms. The highest BCUT2D eigenvalue weighted by Gasteiger charge is 2.40. The third-order valence-corrected chi connectivity index (χ3v) is 6.13. The summed E-state index contributed by atoms with van der Waals surface area (Å²) >= 11 is 0. The molecule has 5 heterocycles.